The zero-order valence-electron chi connectivity index (χ0n) is 14.0. The highest BCUT2D eigenvalue weighted by atomic mass is 35.5. The molecule has 0 aliphatic rings. The Labute approximate surface area is 159 Å². The van der Waals surface area contributed by atoms with Crippen LogP contribution < -0.4 is 10.6 Å². The minimum atomic E-state index is -4.76. The van der Waals surface area contributed by atoms with E-state index < -0.39 is 40.3 Å². The lowest BCUT2D eigenvalue weighted by Crippen LogP contribution is -2.22. The molecule has 2 aromatic carbocycles. The topological polar surface area (TPSA) is 92.3 Å². The SMILES string of the molecule is CC(C(=O)ON)n1nnc2ccc(Oc3c(F)cc(C(F)(F)F)cc3Cl)cc21. The number of rotatable bonds is 4. The summed E-state index contributed by atoms with van der Waals surface area (Å²) in [6.45, 7) is 1.46. The van der Waals surface area contributed by atoms with E-state index in [2.05, 4.69) is 15.1 Å². The Morgan fingerprint density at radius 3 is 2.61 bits per heavy atom. The van der Waals surface area contributed by atoms with Crippen molar-refractivity contribution in [2.75, 3.05) is 0 Å². The van der Waals surface area contributed by atoms with Crippen molar-refractivity contribution in [2.45, 2.75) is 19.1 Å². The maximum atomic E-state index is 14.1. The number of aromatic nitrogens is 3. The summed E-state index contributed by atoms with van der Waals surface area (Å²) in [7, 11) is 0. The number of nitrogens with two attached hydrogens (primary N) is 1. The van der Waals surface area contributed by atoms with E-state index >= 15 is 0 Å². The zero-order chi connectivity index (χ0) is 20.6. The van der Waals surface area contributed by atoms with Crippen molar-refractivity contribution < 1.29 is 31.9 Å². The highest BCUT2D eigenvalue weighted by molar-refractivity contribution is 6.32. The van der Waals surface area contributed by atoms with Crippen LogP contribution in [0.15, 0.2) is 30.3 Å². The van der Waals surface area contributed by atoms with Crippen LogP contribution in [-0.4, -0.2) is 21.0 Å². The Kier molecular flexibility index (Phi) is 5.13. The van der Waals surface area contributed by atoms with Crippen LogP contribution >= 0.6 is 11.6 Å². The van der Waals surface area contributed by atoms with Crippen LogP contribution in [0.4, 0.5) is 17.6 Å². The molecule has 12 heteroatoms. The van der Waals surface area contributed by atoms with Crippen LogP contribution in [0.25, 0.3) is 11.0 Å². The first-order chi connectivity index (χ1) is 13.1. The third-order valence-electron chi connectivity index (χ3n) is 3.81. The fourth-order valence-electron chi connectivity index (χ4n) is 2.40. The van der Waals surface area contributed by atoms with Crippen molar-refractivity contribution in [1.29, 1.82) is 0 Å². The molecule has 0 radical (unpaired) electrons. The maximum absolute atomic E-state index is 14.1. The van der Waals surface area contributed by atoms with Crippen LogP contribution in [0.5, 0.6) is 11.5 Å². The van der Waals surface area contributed by atoms with E-state index in [9.17, 15) is 22.4 Å². The normalized spacial score (nSPS) is 12.8. The summed E-state index contributed by atoms with van der Waals surface area (Å²) in [4.78, 5) is 15.8. The van der Waals surface area contributed by atoms with Gasteiger partial charge in [-0.25, -0.2) is 13.9 Å². The molecule has 28 heavy (non-hydrogen) atoms. The van der Waals surface area contributed by atoms with Gasteiger partial charge in [-0.05, 0) is 31.2 Å². The van der Waals surface area contributed by atoms with E-state index in [1.54, 1.807) is 0 Å². The molecule has 3 aromatic rings. The van der Waals surface area contributed by atoms with Crippen molar-refractivity contribution >= 4 is 28.6 Å². The fourth-order valence-corrected chi connectivity index (χ4v) is 2.65. The molecular formula is C16H11ClF4N4O3. The van der Waals surface area contributed by atoms with E-state index in [0.29, 0.717) is 17.1 Å². The van der Waals surface area contributed by atoms with Gasteiger partial charge in [-0.3, -0.25) is 0 Å². The lowest BCUT2D eigenvalue weighted by Gasteiger charge is -2.13. The van der Waals surface area contributed by atoms with Gasteiger partial charge in [0.05, 0.1) is 16.1 Å². The molecule has 0 fully saturated rings. The van der Waals surface area contributed by atoms with Gasteiger partial charge in [0.2, 0.25) is 0 Å². The van der Waals surface area contributed by atoms with Gasteiger partial charge in [0.15, 0.2) is 17.6 Å². The number of hydrogen-bond acceptors (Lipinski definition) is 6. The second-order valence-electron chi connectivity index (χ2n) is 5.67. The summed E-state index contributed by atoms with van der Waals surface area (Å²) >= 11 is 5.76. The van der Waals surface area contributed by atoms with Gasteiger partial charge < -0.3 is 9.57 Å². The maximum Gasteiger partial charge on any atom is 0.416 e. The van der Waals surface area contributed by atoms with Crippen molar-refractivity contribution in [3.63, 3.8) is 0 Å². The summed E-state index contributed by atoms with van der Waals surface area (Å²) < 4.78 is 58.8. The minimum Gasteiger partial charge on any atom is -0.453 e. The minimum absolute atomic E-state index is 0.0323. The molecule has 2 N–H and O–H groups in total. The Balaban J connectivity index is 1.98. The number of hydrogen-bond donors (Lipinski definition) is 1. The van der Waals surface area contributed by atoms with E-state index in [0.717, 1.165) is 0 Å². The molecule has 0 saturated carbocycles. The fraction of sp³-hybridized carbons (Fsp3) is 0.188. The molecular weight excluding hydrogens is 408 g/mol. The van der Waals surface area contributed by atoms with Crippen LogP contribution in [-0.2, 0) is 15.8 Å². The number of alkyl halides is 3. The van der Waals surface area contributed by atoms with Crippen molar-refractivity contribution in [2.24, 2.45) is 5.90 Å². The number of ether oxygens (including phenoxy) is 1. The van der Waals surface area contributed by atoms with Crippen LogP contribution in [0.1, 0.15) is 18.5 Å². The Bertz CT molecular complexity index is 1030. The van der Waals surface area contributed by atoms with E-state index in [-0.39, 0.29) is 11.8 Å². The average molecular weight is 419 g/mol. The molecule has 0 amide bonds. The lowest BCUT2D eigenvalue weighted by atomic mass is 10.2. The second kappa shape index (κ2) is 7.24. The standard InChI is InChI=1S/C16H11ClF4N4O3/c1-7(15(26)28-22)25-13-6-9(2-3-12(13)23-24-25)27-14-10(17)4-8(5-11(14)18)16(19,20)21/h2-7H,22H2,1H3. The molecule has 7 nitrogen and oxygen atoms in total. The Morgan fingerprint density at radius 1 is 1.29 bits per heavy atom. The molecule has 3 rings (SSSR count). The quantitative estimate of drug-likeness (QED) is 0.508. The van der Waals surface area contributed by atoms with Gasteiger partial charge in [-0.15, -0.1) is 5.10 Å². The molecule has 0 aliphatic heterocycles. The first kappa shape index (κ1) is 19.8. The van der Waals surface area contributed by atoms with E-state index in [4.69, 9.17) is 22.2 Å². The molecule has 1 heterocycles. The van der Waals surface area contributed by atoms with Gasteiger partial charge in [-0.2, -0.15) is 19.1 Å². The van der Waals surface area contributed by atoms with Crippen LogP contribution in [0.3, 0.4) is 0 Å². The van der Waals surface area contributed by atoms with Gasteiger partial charge in [0, 0.05) is 6.07 Å². The molecule has 0 aliphatic carbocycles. The van der Waals surface area contributed by atoms with Gasteiger partial charge in [0.25, 0.3) is 0 Å². The molecule has 1 aromatic heterocycles. The molecule has 1 atom stereocenters. The monoisotopic (exact) mass is 418 g/mol. The summed E-state index contributed by atoms with van der Waals surface area (Å²) in [6.07, 6.45) is -4.76. The van der Waals surface area contributed by atoms with E-state index in [1.165, 1.54) is 29.8 Å². The third kappa shape index (κ3) is 3.71. The third-order valence-corrected chi connectivity index (χ3v) is 4.09. The first-order valence-electron chi connectivity index (χ1n) is 7.61. The van der Waals surface area contributed by atoms with Crippen molar-refractivity contribution in [1.82, 2.24) is 15.0 Å². The number of benzene rings is 2. The first-order valence-corrected chi connectivity index (χ1v) is 7.99. The Hall–Kier alpha value is -2.92. The average Bonchev–Trinajstić information content (AvgIpc) is 3.05. The zero-order valence-corrected chi connectivity index (χ0v) is 14.8. The van der Waals surface area contributed by atoms with Gasteiger partial charge in [0.1, 0.15) is 11.3 Å². The predicted molar refractivity (Wildman–Crippen MR) is 89.0 cm³/mol. The molecule has 0 saturated heterocycles. The highest BCUT2D eigenvalue weighted by Crippen LogP contribution is 2.39. The second-order valence-corrected chi connectivity index (χ2v) is 6.07. The van der Waals surface area contributed by atoms with Crippen LogP contribution in [0, 0.1) is 5.82 Å². The summed E-state index contributed by atoms with van der Waals surface area (Å²) in [6, 6.07) is 4.14. The number of fused-ring (bicyclic) bond motifs is 1. The predicted octanol–water partition coefficient (Wildman–Crippen LogP) is 4.01. The number of halogens is 5. The Morgan fingerprint density at radius 2 is 2.00 bits per heavy atom. The number of carbonyl (C=O) groups excluding carboxylic acids is 1. The number of nitrogens with zero attached hydrogens (tertiary/aromatic N) is 3. The summed E-state index contributed by atoms with van der Waals surface area (Å²) in [5, 5.41) is 7.12. The summed E-state index contributed by atoms with van der Waals surface area (Å²) in [5.41, 5.74) is -0.545. The van der Waals surface area contributed by atoms with Gasteiger partial charge in [-0.1, -0.05) is 16.8 Å². The molecule has 0 spiro atoms. The smallest absolute Gasteiger partial charge is 0.416 e. The lowest BCUT2D eigenvalue weighted by molar-refractivity contribution is -0.147. The highest BCUT2D eigenvalue weighted by Gasteiger charge is 2.32. The molecule has 1 unspecified atom stereocenters. The molecule has 0 bridgehead atoms. The van der Waals surface area contributed by atoms with Crippen molar-refractivity contribution in [3.05, 3.63) is 46.7 Å². The van der Waals surface area contributed by atoms with Crippen molar-refractivity contribution in [3.8, 4) is 11.5 Å². The number of carbonyl (C=O) groups is 1. The summed E-state index contributed by atoms with van der Waals surface area (Å²) in [5.74, 6) is 2.24. The van der Waals surface area contributed by atoms with Gasteiger partial charge >= 0.3 is 12.1 Å². The van der Waals surface area contributed by atoms with E-state index in [1.807, 2.05) is 0 Å². The van der Waals surface area contributed by atoms with Crippen LogP contribution in [0.2, 0.25) is 5.02 Å². The molecule has 148 valence electrons. The largest absolute Gasteiger partial charge is 0.453 e.